The third kappa shape index (κ3) is 6.58. The van der Waals surface area contributed by atoms with E-state index in [2.05, 4.69) is 29.8 Å². The van der Waals surface area contributed by atoms with E-state index in [-0.39, 0.29) is 0 Å². The topological polar surface area (TPSA) is 17.1 Å². The largest absolute Gasteiger partial charge is 0.298 e. The summed E-state index contributed by atoms with van der Waals surface area (Å²) < 4.78 is 0. The fourth-order valence-electron chi connectivity index (χ4n) is 1.67. The lowest BCUT2D eigenvalue weighted by molar-refractivity contribution is -0.120. The Balaban J connectivity index is 3.78. The van der Waals surface area contributed by atoms with Crippen molar-refractivity contribution in [2.75, 3.05) is 5.33 Å². The molecule has 0 heterocycles. The molecule has 0 aromatic heterocycles. The zero-order valence-electron chi connectivity index (χ0n) is 9.52. The van der Waals surface area contributed by atoms with Crippen LogP contribution in [0.1, 0.15) is 58.8 Å². The van der Waals surface area contributed by atoms with Gasteiger partial charge in [0.2, 0.25) is 0 Å². The Labute approximate surface area is 96.8 Å². The Morgan fingerprint density at radius 2 is 1.64 bits per heavy atom. The van der Waals surface area contributed by atoms with E-state index in [9.17, 15) is 4.79 Å². The van der Waals surface area contributed by atoms with Crippen molar-refractivity contribution in [2.24, 2.45) is 5.92 Å². The van der Waals surface area contributed by atoms with Crippen molar-refractivity contribution in [1.29, 1.82) is 0 Å². The van der Waals surface area contributed by atoms with Gasteiger partial charge in [0.15, 0.2) is 0 Å². The Bertz CT molecular complexity index is 145. The van der Waals surface area contributed by atoms with Gasteiger partial charge in [-0.3, -0.25) is 4.79 Å². The van der Waals surface area contributed by atoms with Gasteiger partial charge in [0, 0.05) is 5.92 Å². The highest BCUT2D eigenvalue weighted by molar-refractivity contribution is 9.09. The van der Waals surface area contributed by atoms with Crippen LogP contribution in [0.25, 0.3) is 0 Å². The number of unbranched alkanes of at least 4 members (excludes halogenated alkanes) is 3. The third-order valence-corrected chi connectivity index (χ3v) is 3.20. The van der Waals surface area contributed by atoms with Crippen LogP contribution in [0, 0.1) is 5.92 Å². The summed E-state index contributed by atoms with van der Waals surface area (Å²) in [4.78, 5) is 11.6. The monoisotopic (exact) mass is 262 g/mol. The van der Waals surface area contributed by atoms with Crippen LogP contribution in [0.4, 0.5) is 0 Å². The molecule has 14 heavy (non-hydrogen) atoms. The highest BCUT2D eigenvalue weighted by Crippen LogP contribution is 2.18. The first-order chi connectivity index (χ1) is 6.76. The number of Topliss-reactive ketones (excluding diaryl/α,β-unsaturated/α-hetero) is 1. The van der Waals surface area contributed by atoms with Gasteiger partial charge in [-0.15, -0.1) is 0 Å². The number of carbonyl (C=O) groups is 1. The quantitative estimate of drug-likeness (QED) is 0.447. The summed E-state index contributed by atoms with van der Waals surface area (Å²) in [5.41, 5.74) is 0. The molecule has 1 atom stereocenters. The molecule has 0 aromatic rings. The van der Waals surface area contributed by atoms with Gasteiger partial charge in [0.1, 0.15) is 5.78 Å². The van der Waals surface area contributed by atoms with E-state index < -0.39 is 0 Å². The van der Waals surface area contributed by atoms with E-state index in [0.29, 0.717) is 17.0 Å². The minimum Gasteiger partial charge on any atom is -0.298 e. The van der Waals surface area contributed by atoms with Gasteiger partial charge in [-0.25, -0.2) is 0 Å². The average molecular weight is 263 g/mol. The third-order valence-electron chi connectivity index (χ3n) is 2.65. The first-order valence-corrected chi connectivity index (χ1v) is 6.97. The van der Waals surface area contributed by atoms with Crippen LogP contribution in [-0.4, -0.2) is 11.1 Å². The van der Waals surface area contributed by atoms with E-state index in [1.165, 1.54) is 32.1 Å². The predicted octanol–water partition coefficient (Wildman–Crippen LogP) is 4.34. The molecule has 0 saturated carbocycles. The SMILES string of the molecule is CCCCCC(CCCC)C(=O)CBr. The predicted molar refractivity (Wildman–Crippen MR) is 66.0 cm³/mol. The molecule has 0 amide bonds. The summed E-state index contributed by atoms with van der Waals surface area (Å²) in [6.45, 7) is 4.38. The molecule has 1 nitrogen and oxygen atoms in total. The van der Waals surface area contributed by atoms with Crippen LogP contribution in [0.15, 0.2) is 0 Å². The molecule has 0 rings (SSSR count). The molecule has 1 unspecified atom stereocenters. The molecule has 0 aliphatic rings. The molecule has 0 aliphatic carbocycles. The first-order valence-electron chi connectivity index (χ1n) is 5.84. The number of rotatable bonds is 9. The Hall–Kier alpha value is 0.150. The van der Waals surface area contributed by atoms with Gasteiger partial charge < -0.3 is 0 Å². The molecule has 84 valence electrons. The summed E-state index contributed by atoms with van der Waals surface area (Å²) in [6.07, 6.45) is 8.28. The van der Waals surface area contributed by atoms with E-state index in [0.717, 1.165) is 12.8 Å². The fraction of sp³-hybridized carbons (Fsp3) is 0.917. The Morgan fingerprint density at radius 3 is 2.14 bits per heavy atom. The maximum atomic E-state index is 11.6. The molecule has 0 saturated heterocycles. The van der Waals surface area contributed by atoms with Gasteiger partial charge in [0.05, 0.1) is 5.33 Å². The van der Waals surface area contributed by atoms with E-state index in [1.807, 2.05) is 0 Å². The summed E-state index contributed by atoms with van der Waals surface area (Å²) in [7, 11) is 0. The van der Waals surface area contributed by atoms with Crippen LogP contribution in [-0.2, 0) is 4.79 Å². The average Bonchev–Trinajstić information content (AvgIpc) is 2.22. The molecule has 0 N–H and O–H groups in total. The Morgan fingerprint density at radius 1 is 1.07 bits per heavy atom. The summed E-state index contributed by atoms with van der Waals surface area (Å²) in [5, 5.41) is 0.535. The van der Waals surface area contributed by atoms with Gasteiger partial charge in [0.25, 0.3) is 0 Å². The van der Waals surface area contributed by atoms with Crippen LogP contribution in [0.3, 0.4) is 0 Å². The second-order valence-electron chi connectivity index (χ2n) is 3.93. The van der Waals surface area contributed by atoms with Crippen molar-refractivity contribution in [1.82, 2.24) is 0 Å². The van der Waals surface area contributed by atoms with Gasteiger partial charge >= 0.3 is 0 Å². The minimum absolute atomic E-state index is 0.320. The number of alkyl halides is 1. The van der Waals surface area contributed by atoms with Crippen LogP contribution in [0.5, 0.6) is 0 Å². The molecule has 0 aliphatic heterocycles. The maximum absolute atomic E-state index is 11.6. The first kappa shape index (κ1) is 14.2. The summed E-state index contributed by atoms with van der Waals surface area (Å²) >= 11 is 3.27. The van der Waals surface area contributed by atoms with E-state index >= 15 is 0 Å². The fourth-order valence-corrected chi connectivity index (χ4v) is 2.12. The standard InChI is InChI=1S/C12H23BrO/c1-3-5-7-9-11(8-6-4-2)12(14)10-13/h11H,3-10H2,1-2H3. The smallest absolute Gasteiger partial charge is 0.146 e. The lowest BCUT2D eigenvalue weighted by Gasteiger charge is -2.13. The van der Waals surface area contributed by atoms with Gasteiger partial charge in [-0.1, -0.05) is 61.9 Å². The van der Waals surface area contributed by atoms with E-state index in [4.69, 9.17) is 0 Å². The number of halogens is 1. The number of hydrogen-bond donors (Lipinski definition) is 0. The highest BCUT2D eigenvalue weighted by atomic mass is 79.9. The van der Waals surface area contributed by atoms with Crippen molar-refractivity contribution < 1.29 is 4.79 Å². The van der Waals surface area contributed by atoms with Gasteiger partial charge in [-0.05, 0) is 12.8 Å². The molecule has 0 fully saturated rings. The zero-order chi connectivity index (χ0) is 10.8. The maximum Gasteiger partial charge on any atom is 0.146 e. The molecule has 2 heteroatoms. The zero-order valence-corrected chi connectivity index (χ0v) is 11.1. The van der Waals surface area contributed by atoms with Crippen molar-refractivity contribution in [2.45, 2.75) is 58.8 Å². The van der Waals surface area contributed by atoms with Gasteiger partial charge in [-0.2, -0.15) is 0 Å². The van der Waals surface area contributed by atoms with E-state index in [1.54, 1.807) is 0 Å². The van der Waals surface area contributed by atoms with Crippen molar-refractivity contribution in [3.8, 4) is 0 Å². The number of carbonyl (C=O) groups excluding carboxylic acids is 1. The lowest BCUT2D eigenvalue weighted by Crippen LogP contribution is -2.15. The van der Waals surface area contributed by atoms with Crippen molar-refractivity contribution in [3.63, 3.8) is 0 Å². The van der Waals surface area contributed by atoms with Crippen molar-refractivity contribution in [3.05, 3.63) is 0 Å². The second kappa shape index (κ2) is 9.70. The second-order valence-corrected chi connectivity index (χ2v) is 4.50. The number of ketones is 1. The molecule has 0 aromatic carbocycles. The molecule has 0 radical (unpaired) electrons. The molecule has 0 bridgehead atoms. The van der Waals surface area contributed by atoms with Crippen LogP contribution >= 0.6 is 15.9 Å². The van der Waals surface area contributed by atoms with Crippen LogP contribution in [0.2, 0.25) is 0 Å². The Kier molecular flexibility index (Phi) is 9.80. The van der Waals surface area contributed by atoms with Crippen LogP contribution < -0.4 is 0 Å². The summed E-state index contributed by atoms with van der Waals surface area (Å²) in [6, 6.07) is 0. The minimum atomic E-state index is 0.320. The summed E-state index contributed by atoms with van der Waals surface area (Å²) in [5.74, 6) is 0.718. The molecule has 0 spiro atoms. The number of hydrogen-bond acceptors (Lipinski definition) is 1. The molecular formula is C12H23BrO. The lowest BCUT2D eigenvalue weighted by atomic mass is 9.92. The highest BCUT2D eigenvalue weighted by Gasteiger charge is 2.15. The normalized spacial score (nSPS) is 12.8. The molecular weight excluding hydrogens is 240 g/mol. The van der Waals surface area contributed by atoms with Crippen molar-refractivity contribution >= 4 is 21.7 Å².